The van der Waals surface area contributed by atoms with Crippen molar-refractivity contribution in [2.24, 2.45) is 0 Å². The van der Waals surface area contributed by atoms with E-state index in [1.165, 1.54) is 0 Å². The lowest BCUT2D eigenvalue weighted by atomic mass is 10.2. The number of phenols is 1. The van der Waals surface area contributed by atoms with E-state index in [9.17, 15) is 0 Å². The monoisotopic (exact) mass is 221 g/mol. The summed E-state index contributed by atoms with van der Waals surface area (Å²) >= 11 is 0. The van der Waals surface area contributed by atoms with E-state index in [2.05, 4.69) is 0 Å². The van der Waals surface area contributed by atoms with E-state index in [-0.39, 0.29) is 5.75 Å². The van der Waals surface area contributed by atoms with Gasteiger partial charge in [0.2, 0.25) is 0 Å². The second kappa shape index (κ2) is 4.80. The first kappa shape index (κ1) is 12.7. The molecule has 0 aliphatic heterocycles. The molecule has 0 saturated carbocycles. The number of benzene rings is 1. The Labute approximate surface area is 81.6 Å². The summed E-state index contributed by atoms with van der Waals surface area (Å²) in [7, 11) is -4.67. The zero-order valence-corrected chi connectivity index (χ0v) is 8.19. The molecule has 7 heteroatoms. The van der Waals surface area contributed by atoms with Gasteiger partial charge in [0.1, 0.15) is 5.75 Å². The van der Waals surface area contributed by atoms with Crippen LogP contribution in [-0.2, 0) is 10.4 Å². The molecule has 6 nitrogen and oxygen atoms in total. The van der Waals surface area contributed by atoms with Gasteiger partial charge in [-0.05, 0) is 18.6 Å². The van der Waals surface area contributed by atoms with E-state index in [0.717, 1.165) is 5.56 Å². The number of hydrogen-bond donors (Lipinski definition) is 4. The average molecular weight is 221 g/mol. The van der Waals surface area contributed by atoms with Gasteiger partial charge in [0.05, 0.1) is 5.69 Å². The average Bonchev–Trinajstić information content (AvgIpc) is 1.97. The van der Waals surface area contributed by atoms with Crippen molar-refractivity contribution in [3.63, 3.8) is 0 Å². The molecule has 0 amide bonds. The van der Waals surface area contributed by atoms with E-state index >= 15 is 0 Å². The molecule has 0 aromatic heterocycles. The summed E-state index contributed by atoms with van der Waals surface area (Å²) in [4.78, 5) is 0. The van der Waals surface area contributed by atoms with Crippen molar-refractivity contribution in [3.05, 3.63) is 23.8 Å². The van der Waals surface area contributed by atoms with Gasteiger partial charge in [-0.1, -0.05) is 12.1 Å². The van der Waals surface area contributed by atoms with Crippen molar-refractivity contribution >= 4 is 16.1 Å². The molecule has 0 aliphatic rings. The fourth-order valence-electron chi connectivity index (χ4n) is 0.682. The smallest absolute Gasteiger partial charge is 0.394 e. The molecule has 0 unspecified atom stereocenters. The van der Waals surface area contributed by atoms with Crippen molar-refractivity contribution in [1.82, 2.24) is 0 Å². The number of anilines is 1. The number of aromatic hydroxyl groups is 1. The highest BCUT2D eigenvalue weighted by molar-refractivity contribution is 7.79. The number of para-hydroxylation sites is 1. The Morgan fingerprint density at radius 3 is 2.00 bits per heavy atom. The van der Waals surface area contributed by atoms with Gasteiger partial charge in [-0.3, -0.25) is 9.11 Å². The molecule has 80 valence electrons. The summed E-state index contributed by atoms with van der Waals surface area (Å²) in [6.45, 7) is 1.81. The lowest BCUT2D eigenvalue weighted by Gasteiger charge is -1.99. The lowest BCUT2D eigenvalue weighted by Crippen LogP contribution is -1.89. The Morgan fingerprint density at radius 1 is 1.29 bits per heavy atom. The van der Waals surface area contributed by atoms with Crippen LogP contribution in [0.15, 0.2) is 18.2 Å². The molecule has 0 atom stereocenters. The third-order valence-corrected chi connectivity index (χ3v) is 1.27. The maximum Gasteiger partial charge on any atom is 0.394 e. The third-order valence-electron chi connectivity index (χ3n) is 1.27. The normalized spacial score (nSPS) is 10.2. The molecular formula is C7H11NO5S. The van der Waals surface area contributed by atoms with Crippen LogP contribution in [0.5, 0.6) is 5.75 Å². The largest absolute Gasteiger partial charge is 0.506 e. The summed E-state index contributed by atoms with van der Waals surface area (Å²) in [6.07, 6.45) is 0. The van der Waals surface area contributed by atoms with Crippen LogP contribution in [-0.4, -0.2) is 22.6 Å². The van der Waals surface area contributed by atoms with Gasteiger partial charge in [-0.25, -0.2) is 0 Å². The first-order valence-electron chi connectivity index (χ1n) is 3.45. The highest BCUT2D eigenvalue weighted by Gasteiger charge is 1.95. The summed E-state index contributed by atoms with van der Waals surface area (Å²) in [5.74, 6) is 0.192. The maximum atomic E-state index is 9.08. The fourth-order valence-corrected chi connectivity index (χ4v) is 0.682. The first-order chi connectivity index (χ1) is 6.22. The maximum absolute atomic E-state index is 9.08. The SMILES string of the molecule is Cc1cccc(N)c1O.O=S(=O)(O)O. The summed E-state index contributed by atoms with van der Waals surface area (Å²) in [5.41, 5.74) is 6.63. The number of hydrogen-bond acceptors (Lipinski definition) is 4. The van der Waals surface area contributed by atoms with Crippen LogP contribution in [0.3, 0.4) is 0 Å². The molecule has 1 aromatic rings. The highest BCUT2D eigenvalue weighted by Crippen LogP contribution is 2.22. The lowest BCUT2D eigenvalue weighted by molar-refractivity contribution is 0.381. The number of nitrogens with two attached hydrogens (primary N) is 1. The molecular weight excluding hydrogens is 210 g/mol. The minimum atomic E-state index is -4.67. The zero-order valence-electron chi connectivity index (χ0n) is 7.38. The minimum absolute atomic E-state index is 0.192. The predicted molar refractivity (Wildman–Crippen MR) is 51.4 cm³/mol. The quantitative estimate of drug-likeness (QED) is 0.289. The molecule has 0 radical (unpaired) electrons. The van der Waals surface area contributed by atoms with Crippen LogP contribution in [0.25, 0.3) is 0 Å². The molecule has 5 N–H and O–H groups in total. The zero-order chi connectivity index (χ0) is 11.4. The van der Waals surface area contributed by atoms with E-state index in [0.29, 0.717) is 5.69 Å². The predicted octanol–water partition coefficient (Wildman–Crippen LogP) is 0.630. The van der Waals surface area contributed by atoms with Gasteiger partial charge in [-0.2, -0.15) is 8.42 Å². The second-order valence-corrected chi connectivity index (χ2v) is 3.36. The van der Waals surface area contributed by atoms with Gasteiger partial charge < -0.3 is 10.8 Å². The van der Waals surface area contributed by atoms with E-state index in [1.54, 1.807) is 6.07 Å². The standard InChI is InChI=1S/C7H9NO.H2O4S/c1-5-3-2-4-6(8)7(5)9;1-5(2,3)4/h2-4,9H,8H2,1H3;(H2,1,2,3,4). The summed E-state index contributed by atoms with van der Waals surface area (Å²) in [5, 5.41) is 9.08. The second-order valence-electron chi connectivity index (χ2n) is 2.46. The summed E-state index contributed by atoms with van der Waals surface area (Å²) in [6, 6.07) is 5.29. The van der Waals surface area contributed by atoms with Crippen LogP contribution in [0, 0.1) is 6.92 Å². The molecule has 0 aliphatic carbocycles. The Morgan fingerprint density at radius 2 is 1.71 bits per heavy atom. The Bertz CT molecular complexity index is 372. The molecule has 0 fully saturated rings. The van der Waals surface area contributed by atoms with Crippen LogP contribution < -0.4 is 5.73 Å². The van der Waals surface area contributed by atoms with Gasteiger partial charge in [-0.15, -0.1) is 0 Å². The van der Waals surface area contributed by atoms with Crippen molar-refractivity contribution in [2.45, 2.75) is 6.92 Å². The van der Waals surface area contributed by atoms with Crippen molar-refractivity contribution < 1.29 is 22.6 Å². The molecule has 1 aromatic carbocycles. The van der Waals surface area contributed by atoms with E-state index < -0.39 is 10.4 Å². The highest BCUT2D eigenvalue weighted by atomic mass is 32.3. The number of rotatable bonds is 0. The van der Waals surface area contributed by atoms with Gasteiger partial charge in [0.25, 0.3) is 0 Å². The summed E-state index contributed by atoms with van der Waals surface area (Å²) < 4.78 is 31.6. The fraction of sp³-hybridized carbons (Fsp3) is 0.143. The molecule has 14 heavy (non-hydrogen) atoms. The topological polar surface area (TPSA) is 121 Å². The number of nitrogen functional groups attached to an aromatic ring is 1. The Kier molecular flexibility index (Phi) is 4.35. The molecule has 0 spiro atoms. The van der Waals surface area contributed by atoms with Crippen LogP contribution >= 0.6 is 0 Å². The molecule has 0 saturated heterocycles. The van der Waals surface area contributed by atoms with Gasteiger partial charge in [0.15, 0.2) is 0 Å². The number of aryl methyl sites for hydroxylation is 1. The van der Waals surface area contributed by atoms with Gasteiger partial charge >= 0.3 is 10.4 Å². The van der Waals surface area contributed by atoms with E-state index in [1.807, 2.05) is 19.1 Å². The Balaban J connectivity index is 0.000000292. The number of phenolic OH excluding ortho intramolecular Hbond substituents is 1. The van der Waals surface area contributed by atoms with Crippen molar-refractivity contribution in [1.29, 1.82) is 0 Å². The van der Waals surface area contributed by atoms with E-state index in [4.69, 9.17) is 28.4 Å². The molecule has 1 rings (SSSR count). The van der Waals surface area contributed by atoms with Crippen LogP contribution in [0.4, 0.5) is 5.69 Å². The van der Waals surface area contributed by atoms with Crippen LogP contribution in [0.2, 0.25) is 0 Å². The molecule has 0 heterocycles. The van der Waals surface area contributed by atoms with Crippen LogP contribution in [0.1, 0.15) is 5.56 Å². The molecule has 0 bridgehead atoms. The van der Waals surface area contributed by atoms with Gasteiger partial charge in [0, 0.05) is 0 Å². The van der Waals surface area contributed by atoms with Crippen molar-refractivity contribution in [3.8, 4) is 5.75 Å². The minimum Gasteiger partial charge on any atom is -0.506 e. The first-order valence-corrected chi connectivity index (χ1v) is 4.85. The Hall–Kier alpha value is -1.31. The van der Waals surface area contributed by atoms with Crippen molar-refractivity contribution in [2.75, 3.05) is 5.73 Å². The third kappa shape index (κ3) is 6.23.